The number of rotatable bonds is 2. The molecule has 1 heterocycles. The zero-order valence-corrected chi connectivity index (χ0v) is 10.3. The Morgan fingerprint density at radius 1 is 1.50 bits per heavy atom. The first kappa shape index (κ1) is 14.6. The normalized spacial score (nSPS) is 24.8. The summed E-state index contributed by atoms with van der Waals surface area (Å²) >= 11 is 0. The predicted molar refractivity (Wildman–Crippen MR) is 67.4 cm³/mol. The fourth-order valence-electron chi connectivity index (χ4n) is 1.55. The van der Waals surface area contributed by atoms with Crippen LogP contribution in [0.3, 0.4) is 0 Å². The number of allylic oxidation sites excluding steroid dienone is 3. The van der Waals surface area contributed by atoms with Crippen molar-refractivity contribution in [2.45, 2.75) is 33.2 Å². The van der Waals surface area contributed by atoms with Crippen molar-refractivity contribution in [3.63, 3.8) is 0 Å². The van der Waals surface area contributed by atoms with Gasteiger partial charge in [-0.1, -0.05) is 38.7 Å². The van der Waals surface area contributed by atoms with Crippen LogP contribution in [0.25, 0.3) is 0 Å². The molecule has 2 N–H and O–H groups in total. The van der Waals surface area contributed by atoms with E-state index in [1.807, 2.05) is 32.9 Å². The minimum absolute atomic E-state index is 0.468. The minimum Gasteiger partial charge on any atom is -0.480 e. The van der Waals surface area contributed by atoms with Gasteiger partial charge >= 0.3 is 5.97 Å². The highest BCUT2D eigenvalue weighted by molar-refractivity contribution is 5.74. The maximum absolute atomic E-state index is 10.8. The molecule has 1 rings (SSSR count). The minimum atomic E-state index is -0.796. The summed E-state index contributed by atoms with van der Waals surface area (Å²) in [5.74, 6) is -0.796. The van der Waals surface area contributed by atoms with E-state index in [0.29, 0.717) is 13.0 Å². The maximum Gasteiger partial charge on any atom is 0.321 e. The number of carboxylic acids is 1. The van der Waals surface area contributed by atoms with Gasteiger partial charge in [-0.05, 0) is 24.5 Å². The van der Waals surface area contributed by atoms with Crippen molar-refractivity contribution in [3.8, 4) is 0 Å². The molecule has 0 saturated carbocycles. The molecular weight excluding hydrogens is 202 g/mol. The SMILES string of the molecule is C=C/C=C1/CC(C(=O)O)NC/C1=C/C.CC. The molecule has 1 aliphatic rings. The molecule has 1 unspecified atom stereocenters. The molecule has 90 valence electrons. The molecule has 0 aromatic heterocycles. The number of aliphatic carboxylic acids is 1. The van der Waals surface area contributed by atoms with Crippen LogP contribution < -0.4 is 5.32 Å². The summed E-state index contributed by atoms with van der Waals surface area (Å²) in [6.45, 7) is 10.2. The standard InChI is InChI=1S/C11H15NO2.C2H6/c1-3-5-9-6-10(11(13)14)12-7-8(9)4-2;1-2/h3-5,10,12H,1,6-7H2,2H3,(H,13,14);1-2H3/b8-4-,9-5-;. The van der Waals surface area contributed by atoms with E-state index >= 15 is 0 Å². The van der Waals surface area contributed by atoms with Gasteiger partial charge in [0.2, 0.25) is 0 Å². The van der Waals surface area contributed by atoms with Crippen LogP contribution in [0.15, 0.2) is 36.0 Å². The molecule has 1 fully saturated rings. The first-order chi connectivity index (χ1) is 7.69. The summed E-state index contributed by atoms with van der Waals surface area (Å²) in [6, 6.07) is -0.468. The molecule has 1 atom stereocenters. The topological polar surface area (TPSA) is 49.3 Å². The van der Waals surface area contributed by atoms with Crippen molar-refractivity contribution < 1.29 is 9.90 Å². The van der Waals surface area contributed by atoms with E-state index < -0.39 is 12.0 Å². The van der Waals surface area contributed by atoms with Gasteiger partial charge in [-0.15, -0.1) is 0 Å². The highest BCUT2D eigenvalue weighted by Gasteiger charge is 2.24. The van der Waals surface area contributed by atoms with E-state index in [-0.39, 0.29) is 0 Å². The van der Waals surface area contributed by atoms with E-state index in [1.54, 1.807) is 6.08 Å². The quantitative estimate of drug-likeness (QED) is 0.756. The molecule has 0 radical (unpaired) electrons. The van der Waals surface area contributed by atoms with Crippen LogP contribution >= 0.6 is 0 Å². The fourth-order valence-corrected chi connectivity index (χ4v) is 1.55. The lowest BCUT2D eigenvalue weighted by atomic mass is 9.93. The van der Waals surface area contributed by atoms with Crippen molar-refractivity contribution >= 4 is 5.97 Å². The molecule has 0 aliphatic carbocycles. The monoisotopic (exact) mass is 223 g/mol. The second-order valence-corrected chi connectivity index (χ2v) is 3.22. The molecule has 0 spiro atoms. The molecule has 1 aliphatic heterocycles. The van der Waals surface area contributed by atoms with Crippen LogP contribution in [0.4, 0.5) is 0 Å². The van der Waals surface area contributed by atoms with Crippen molar-refractivity contribution in [3.05, 3.63) is 36.0 Å². The zero-order chi connectivity index (χ0) is 12.6. The van der Waals surface area contributed by atoms with Gasteiger partial charge < -0.3 is 10.4 Å². The molecule has 1 saturated heterocycles. The lowest BCUT2D eigenvalue weighted by Crippen LogP contribution is -2.42. The van der Waals surface area contributed by atoms with Gasteiger partial charge in [-0.2, -0.15) is 0 Å². The fraction of sp³-hybridized carbons (Fsp3) is 0.462. The van der Waals surface area contributed by atoms with Crippen LogP contribution in [0.1, 0.15) is 27.2 Å². The van der Waals surface area contributed by atoms with E-state index in [2.05, 4.69) is 11.9 Å². The van der Waals surface area contributed by atoms with E-state index in [0.717, 1.165) is 11.1 Å². The lowest BCUT2D eigenvalue weighted by molar-refractivity contribution is -0.139. The predicted octanol–water partition coefficient (Wildman–Crippen LogP) is 2.52. The van der Waals surface area contributed by atoms with Crippen LogP contribution in [-0.4, -0.2) is 23.7 Å². The molecule has 16 heavy (non-hydrogen) atoms. The molecule has 0 aromatic carbocycles. The van der Waals surface area contributed by atoms with Gasteiger partial charge in [-0.25, -0.2) is 0 Å². The molecular formula is C13H21NO2. The summed E-state index contributed by atoms with van der Waals surface area (Å²) in [4.78, 5) is 10.8. The number of carboxylic acid groups (broad SMARTS) is 1. The Kier molecular flexibility index (Phi) is 7.21. The van der Waals surface area contributed by atoms with Gasteiger partial charge in [0.05, 0.1) is 0 Å². The summed E-state index contributed by atoms with van der Waals surface area (Å²) < 4.78 is 0. The molecule has 3 heteroatoms. The van der Waals surface area contributed by atoms with Gasteiger partial charge in [0.1, 0.15) is 6.04 Å². The summed E-state index contributed by atoms with van der Waals surface area (Å²) in [6.07, 6.45) is 6.11. The van der Waals surface area contributed by atoms with Gasteiger partial charge in [-0.3, -0.25) is 4.79 Å². The highest BCUT2D eigenvalue weighted by Crippen LogP contribution is 2.20. The van der Waals surface area contributed by atoms with Crippen molar-refractivity contribution in [2.24, 2.45) is 0 Å². The van der Waals surface area contributed by atoms with Crippen LogP contribution in [0, 0.1) is 0 Å². The first-order valence-corrected chi connectivity index (χ1v) is 5.62. The van der Waals surface area contributed by atoms with Crippen molar-refractivity contribution in [1.82, 2.24) is 5.32 Å². The van der Waals surface area contributed by atoms with Gasteiger partial charge in [0, 0.05) is 6.54 Å². The number of hydrogen-bond donors (Lipinski definition) is 2. The number of hydrogen-bond acceptors (Lipinski definition) is 2. The Hall–Kier alpha value is -1.35. The van der Waals surface area contributed by atoms with Crippen molar-refractivity contribution in [1.29, 1.82) is 0 Å². The largest absolute Gasteiger partial charge is 0.480 e. The lowest BCUT2D eigenvalue weighted by Gasteiger charge is -2.24. The van der Waals surface area contributed by atoms with Crippen LogP contribution in [0.2, 0.25) is 0 Å². The number of piperidine rings is 1. The number of carbonyl (C=O) groups is 1. The third kappa shape index (κ3) is 4.03. The highest BCUT2D eigenvalue weighted by atomic mass is 16.4. The number of nitrogens with one attached hydrogen (secondary N) is 1. The summed E-state index contributed by atoms with van der Waals surface area (Å²) in [7, 11) is 0. The van der Waals surface area contributed by atoms with Gasteiger partial charge in [0.25, 0.3) is 0 Å². The van der Waals surface area contributed by atoms with Crippen molar-refractivity contribution in [2.75, 3.05) is 6.54 Å². The summed E-state index contributed by atoms with van der Waals surface area (Å²) in [5, 5.41) is 11.8. The summed E-state index contributed by atoms with van der Waals surface area (Å²) in [5.41, 5.74) is 2.22. The Balaban J connectivity index is 0.00000106. The Morgan fingerprint density at radius 3 is 2.56 bits per heavy atom. The third-order valence-corrected chi connectivity index (χ3v) is 2.34. The molecule has 0 amide bonds. The van der Waals surface area contributed by atoms with Crippen LogP contribution in [-0.2, 0) is 4.79 Å². The van der Waals surface area contributed by atoms with E-state index in [1.165, 1.54) is 0 Å². The molecule has 0 bridgehead atoms. The Bertz CT molecular complexity index is 303. The smallest absolute Gasteiger partial charge is 0.321 e. The Labute approximate surface area is 97.6 Å². The second kappa shape index (κ2) is 7.88. The zero-order valence-electron chi connectivity index (χ0n) is 10.3. The second-order valence-electron chi connectivity index (χ2n) is 3.22. The van der Waals surface area contributed by atoms with Gasteiger partial charge in [0.15, 0.2) is 0 Å². The van der Waals surface area contributed by atoms with E-state index in [9.17, 15) is 4.79 Å². The molecule has 0 aromatic rings. The molecule has 3 nitrogen and oxygen atoms in total. The first-order valence-electron chi connectivity index (χ1n) is 5.62. The van der Waals surface area contributed by atoms with Crippen LogP contribution in [0.5, 0.6) is 0 Å². The third-order valence-electron chi connectivity index (χ3n) is 2.34. The maximum atomic E-state index is 10.8. The average molecular weight is 223 g/mol. The average Bonchev–Trinajstić information content (AvgIpc) is 2.32. The van der Waals surface area contributed by atoms with E-state index in [4.69, 9.17) is 5.11 Å². The Morgan fingerprint density at radius 2 is 2.12 bits per heavy atom.